The Bertz CT molecular complexity index is 499. The molecule has 2 aromatic heterocycles. The number of rotatable bonds is 2. The number of nitrogens with one attached hydrogen (secondary N) is 1. The van der Waals surface area contributed by atoms with E-state index in [1.807, 2.05) is 24.3 Å². The zero-order valence-electron chi connectivity index (χ0n) is 8.15. The van der Waals surface area contributed by atoms with Crippen LogP contribution in [0.15, 0.2) is 36.9 Å². The van der Waals surface area contributed by atoms with Crippen molar-refractivity contribution >= 4 is 0 Å². The number of hydrogen-bond donors (Lipinski definition) is 1. The third-order valence-electron chi connectivity index (χ3n) is 2.15. The Balaban J connectivity index is 1.97. The van der Waals surface area contributed by atoms with Crippen molar-refractivity contribution in [3.63, 3.8) is 0 Å². The molecule has 78 valence electrons. The fourth-order valence-electron chi connectivity index (χ4n) is 1.39. The Morgan fingerprint density at radius 2 is 2.00 bits per heavy atom. The van der Waals surface area contributed by atoms with E-state index in [1.165, 1.54) is 6.33 Å². The summed E-state index contributed by atoms with van der Waals surface area (Å²) in [7, 11) is 0. The maximum Gasteiger partial charge on any atom is 0.204 e. The minimum atomic E-state index is 0.574. The van der Waals surface area contributed by atoms with Gasteiger partial charge in [-0.15, -0.1) is 10.2 Å². The number of nitrogens with zero attached hydrogens (tertiary/aromatic N) is 6. The molecule has 2 heterocycles. The number of H-pyrrole nitrogens is 1. The third-order valence-corrected chi connectivity index (χ3v) is 2.15. The van der Waals surface area contributed by atoms with E-state index in [4.69, 9.17) is 0 Å². The lowest BCUT2D eigenvalue weighted by Gasteiger charge is -2.00. The van der Waals surface area contributed by atoms with Gasteiger partial charge in [0.05, 0.1) is 5.69 Å². The van der Waals surface area contributed by atoms with Gasteiger partial charge in [0.2, 0.25) is 5.82 Å². The molecule has 3 rings (SSSR count). The molecule has 0 aliphatic carbocycles. The van der Waals surface area contributed by atoms with E-state index in [1.54, 1.807) is 11.0 Å². The monoisotopic (exact) mass is 213 g/mol. The summed E-state index contributed by atoms with van der Waals surface area (Å²) in [6, 6.07) is 7.64. The summed E-state index contributed by atoms with van der Waals surface area (Å²) in [5.74, 6) is 0.574. The van der Waals surface area contributed by atoms with Crippen LogP contribution in [0.2, 0.25) is 0 Å². The van der Waals surface area contributed by atoms with Crippen LogP contribution in [0.3, 0.4) is 0 Å². The molecule has 7 heteroatoms. The molecule has 3 aromatic rings. The first-order chi connectivity index (χ1) is 7.93. The van der Waals surface area contributed by atoms with Gasteiger partial charge in [-0.3, -0.25) is 0 Å². The van der Waals surface area contributed by atoms with Crippen LogP contribution in [0.25, 0.3) is 17.1 Å². The lowest BCUT2D eigenvalue weighted by molar-refractivity contribution is 0.879. The maximum absolute atomic E-state index is 4.03. The Morgan fingerprint density at radius 3 is 2.62 bits per heavy atom. The molecule has 0 bridgehead atoms. The molecule has 0 fully saturated rings. The van der Waals surface area contributed by atoms with Crippen molar-refractivity contribution in [1.29, 1.82) is 0 Å². The molecule has 0 radical (unpaired) electrons. The van der Waals surface area contributed by atoms with Crippen LogP contribution < -0.4 is 0 Å². The van der Waals surface area contributed by atoms with Crippen molar-refractivity contribution in [2.75, 3.05) is 0 Å². The molecular weight excluding hydrogens is 206 g/mol. The van der Waals surface area contributed by atoms with Crippen molar-refractivity contribution < 1.29 is 0 Å². The van der Waals surface area contributed by atoms with E-state index in [2.05, 4.69) is 30.7 Å². The summed E-state index contributed by atoms with van der Waals surface area (Å²) in [5.41, 5.74) is 1.84. The van der Waals surface area contributed by atoms with Gasteiger partial charge in [0.25, 0.3) is 0 Å². The molecule has 0 saturated carbocycles. The Morgan fingerprint density at radius 1 is 1.12 bits per heavy atom. The van der Waals surface area contributed by atoms with Crippen LogP contribution in [0.1, 0.15) is 0 Å². The van der Waals surface area contributed by atoms with Gasteiger partial charge in [-0.05, 0) is 29.5 Å². The maximum atomic E-state index is 4.03. The van der Waals surface area contributed by atoms with Gasteiger partial charge in [-0.1, -0.05) is 0 Å². The molecule has 0 spiro atoms. The van der Waals surface area contributed by atoms with Gasteiger partial charge < -0.3 is 0 Å². The molecule has 0 aliphatic heterocycles. The summed E-state index contributed by atoms with van der Waals surface area (Å²) >= 11 is 0. The highest BCUT2D eigenvalue weighted by Crippen LogP contribution is 2.15. The molecule has 7 nitrogen and oxygen atoms in total. The Kier molecular flexibility index (Phi) is 1.93. The first kappa shape index (κ1) is 8.72. The highest BCUT2D eigenvalue weighted by Gasteiger charge is 2.02. The molecule has 1 N–H and O–H groups in total. The first-order valence-electron chi connectivity index (χ1n) is 4.62. The third kappa shape index (κ3) is 1.44. The van der Waals surface area contributed by atoms with Gasteiger partial charge >= 0.3 is 0 Å². The van der Waals surface area contributed by atoms with Crippen LogP contribution in [0, 0.1) is 0 Å². The second kappa shape index (κ2) is 3.54. The van der Waals surface area contributed by atoms with Crippen LogP contribution in [0.5, 0.6) is 0 Å². The summed E-state index contributed by atoms with van der Waals surface area (Å²) in [4.78, 5) is 3.88. The van der Waals surface area contributed by atoms with Crippen molar-refractivity contribution in [2.45, 2.75) is 0 Å². The Hall–Kier alpha value is -2.57. The van der Waals surface area contributed by atoms with E-state index >= 15 is 0 Å². The van der Waals surface area contributed by atoms with Crippen LogP contribution in [-0.2, 0) is 0 Å². The summed E-state index contributed by atoms with van der Waals surface area (Å²) in [5, 5.41) is 17.7. The standard InChI is InChI=1S/C9H7N7/c1-3-8(16-6-10-5-11-16)4-2-7(1)9-12-14-15-13-9/h1-6H,(H,12,13,14,15). The minimum Gasteiger partial charge on any atom is -0.223 e. The molecule has 1 aromatic carbocycles. The number of aromatic amines is 1. The Labute approximate surface area is 90.1 Å². The molecule has 0 atom stereocenters. The normalized spacial score (nSPS) is 10.5. The van der Waals surface area contributed by atoms with E-state index in [0.29, 0.717) is 5.82 Å². The van der Waals surface area contributed by atoms with Gasteiger partial charge in [-0.25, -0.2) is 9.67 Å². The second-order valence-corrected chi connectivity index (χ2v) is 3.12. The summed E-state index contributed by atoms with van der Waals surface area (Å²) in [6.07, 6.45) is 3.14. The molecular formula is C9H7N7. The van der Waals surface area contributed by atoms with Crippen LogP contribution in [0.4, 0.5) is 0 Å². The average molecular weight is 213 g/mol. The smallest absolute Gasteiger partial charge is 0.204 e. The van der Waals surface area contributed by atoms with Crippen LogP contribution >= 0.6 is 0 Å². The average Bonchev–Trinajstić information content (AvgIpc) is 3.03. The van der Waals surface area contributed by atoms with Gasteiger partial charge in [0, 0.05) is 5.56 Å². The zero-order valence-corrected chi connectivity index (χ0v) is 8.15. The summed E-state index contributed by atoms with van der Waals surface area (Å²) < 4.78 is 1.68. The lowest BCUT2D eigenvalue weighted by atomic mass is 10.2. The van der Waals surface area contributed by atoms with E-state index < -0.39 is 0 Å². The number of hydrogen-bond acceptors (Lipinski definition) is 5. The van der Waals surface area contributed by atoms with E-state index in [-0.39, 0.29) is 0 Å². The SMILES string of the molecule is c1ncn(-c2ccc(-c3nn[nH]n3)cc2)n1. The topological polar surface area (TPSA) is 85.2 Å². The largest absolute Gasteiger partial charge is 0.223 e. The van der Waals surface area contributed by atoms with Gasteiger partial charge in [0.1, 0.15) is 12.7 Å². The second-order valence-electron chi connectivity index (χ2n) is 3.12. The molecule has 0 amide bonds. The predicted molar refractivity (Wildman–Crippen MR) is 54.5 cm³/mol. The number of tetrazole rings is 1. The molecule has 0 saturated heterocycles. The molecule has 16 heavy (non-hydrogen) atoms. The summed E-state index contributed by atoms with van der Waals surface area (Å²) in [6.45, 7) is 0. The first-order valence-corrected chi connectivity index (χ1v) is 4.62. The van der Waals surface area contributed by atoms with Crippen molar-refractivity contribution in [2.24, 2.45) is 0 Å². The number of benzene rings is 1. The lowest BCUT2D eigenvalue weighted by Crippen LogP contribution is -1.93. The van der Waals surface area contributed by atoms with Gasteiger partial charge in [-0.2, -0.15) is 10.3 Å². The zero-order chi connectivity index (χ0) is 10.8. The fourth-order valence-corrected chi connectivity index (χ4v) is 1.39. The quantitative estimate of drug-likeness (QED) is 0.667. The molecule has 0 aliphatic rings. The highest BCUT2D eigenvalue weighted by molar-refractivity contribution is 5.55. The number of aromatic nitrogens is 7. The van der Waals surface area contributed by atoms with E-state index in [0.717, 1.165) is 11.3 Å². The molecule has 0 unspecified atom stereocenters. The minimum absolute atomic E-state index is 0.574. The van der Waals surface area contributed by atoms with Crippen molar-refractivity contribution in [3.8, 4) is 17.1 Å². The van der Waals surface area contributed by atoms with Gasteiger partial charge in [0.15, 0.2) is 0 Å². The van der Waals surface area contributed by atoms with Crippen LogP contribution in [-0.4, -0.2) is 35.4 Å². The van der Waals surface area contributed by atoms with E-state index in [9.17, 15) is 0 Å². The van der Waals surface area contributed by atoms with Crippen molar-refractivity contribution in [1.82, 2.24) is 35.4 Å². The highest BCUT2D eigenvalue weighted by atomic mass is 15.5. The fraction of sp³-hybridized carbons (Fsp3) is 0. The van der Waals surface area contributed by atoms with Crippen molar-refractivity contribution in [3.05, 3.63) is 36.9 Å². The predicted octanol–water partition coefficient (Wildman–Crippen LogP) is 0.447.